The van der Waals surface area contributed by atoms with Crippen molar-refractivity contribution in [1.29, 1.82) is 0 Å². The Balaban J connectivity index is 1.54. The van der Waals surface area contributed by atoms with E-state index in [1.807, 2.05) is 41.7 Å². The van der Waals surface area contributed by atoms with Crippen LogP contribution in [0.15, 0.2) is 47.8 Å². The molecule has 4 nitrogen and oxygen atoms in total. The van der Waals surface area contributed by atoms with Crippen molar-refractivity contribution < 1.29 is 4.79 Å². The summed E-state index contributed by atoms with van der Waals surface area (Å²) < 4.78 is 0. The van der Waals surface area contributed by atoms with Gasteiger partial charge >= 0.3 is 0 Å². The molecule has 2 atom stereocenters. The number of piperidine rings is 1. The van der Waals surface area contributed by atoms with E-state index in [1.54, 1.807) is 0 Å². The molecule has 24 heavy (non-hydrogen) atoms. The van der Waals surface area contributed by atoms with Crippen LogP contribution in [-0.2, 0) is 11.3 Å². The molecule has 1 amide bonds. The molecule has 0 bridgehead atoms. The fraction of sp³-hybridized carbons (Fsp3) is 0.421. The molecule has 0 radical (unpaired) electrons. The van der Waals surface area contributed by atoms with Crippen molar-refractivity contribution in [1.82, 2.24) is 10.2 Å². The van der Waals surface area contributed by atoms with Crippen molar-refractivity contribution in [3.63, 3.8) is 0 Å². The van der Waals surface area contributed by atoms with E-state index in [2.05, 4.69) is 27.7 Å². The monoisotopic (exact) mass is 343 g/mol. The average molecular weight is 343 g/mol. The van der Waals surface area contributed by atoms with E-state index < -0.39 is 6.04 Å². The van der Waals surface area contributed by atoms with E-state index in [0.717, 1.165) is 31.7 Å². The van der Waals surface area contributed by atoms with E-state index in [0.29, 0.717) is 5.92 Å². The first-order valence-corrected chi connectivity index (χ1v) is 9.42. The smallest absolute Gasteiger partial charge is 0.239 e. The van der Waals surface area contributed by atoms with Gasteiger partial charge in [0.1, 0.15) is 6.04 Å². The minimum atomic E-state index is -0.404. The minimum Gasteiger partial charge on any atom is -0.368 e. The minimum absolute atomic E-state index is 0.313. The number of likely N-dealkylation sites (tertiary alicyclic amines) is 1. The van der Waals surface area contributed by atoms with E-state index in [9.17, 15) is 4.79 Å². The summed E-state index contributed by atoms with van der Waals surface area (Å²) in [5, 5.41) is 5.52. The standard InChI is InChI=1S/C19H25N3OS/c20-19(23)18(16-7-2-1-3-8-16)21-12-15-6-4-10-22(13-15)14-17-9-5-11-24-17/h1-3,5,7-9,11,15,18,21H,4,6,10,12-14H2,(H2,20,23)/t15-,18-/m0/s1. The fourth-order valence-corrected chi connectivity index (χ4v) is 4.14. The Morgan fingerprint density at radius 2 is 2.12 bits per heavy atom. The Morgan fingerprint density at radius 3 is 2.83 bits per heavy atom. The van der Waals surface area contributed by atoms with Crippen LogP contribution in [0, 0.1) is 5.92 Å². The molecule has 0 spiro atoms. The summed E-state index contributed by atoms with van der Waals surface area (Å²) >= 11 is 1.82. The lowest BCUT2D eigenvalue weighted by Crippen LogP contribution is -2.42. The van der Waals surface area contributed by atoms with Gasteiger partial charge in [0.2, 0.25) is 5.91 Å². The molecule has 2 heterocycles. The quantitative estimate of drug-likeness (QED) is 0.813. The molecule has 1 aliphatic rings. The summed E-state index contributed by atoms with van der Waals surface area (Å²) in [6, 6.07) is 13.6. The molecule has 1 saturated heterocycles. The van der Waals surface area contributed by atoms with Gasteiger partial charge in [-0.05, 0) is 42.3 Å². The van der Waals surface area contributed by atoms with Crippen molar-refractivity contribution in [3.8, 4) is 0 Å². The lowest BCUT2D eigenvalue weighted by molar-refractivity contribution is -0.120. The first-order chi connectivity index (χ1) is 11.7. The van der Waals surface area contributed by atoms with Gasteiger partial charge in [-0.25, -0.2) is 0 Å². The molecule has 128 valence electrons. The third kappa shape index (κ3) is 4.66. The molecular formula is C19H25N3OS. The predicted molar refractivity (Wildman–Crippen MR) is 98.7 cm³/mol. The van der Waals surface area contributed by atoms with Gasteiger partial charge < -0.3 is 11.1 Å². The molecule has 0 aliphatic carbocycles. The van der Waals surface area contributed by atoms with Gasteiger partial charge in [-0.1, -0.05) is 36.4 Å². The number of hydrogen-bond acceptors (Lipinski definition) is 4. The lowest BCUT2D eigenvalue weighted by atomic mass is 9.97. The molecule has 5 heteroatoms. The number of primary amides is 1. The second-order valence-corrected chi connectivity index (χ2v) is 7.51. The van der Waals surface area contributed by atoms with E-state index in [-0.39, 0.29) is 5.91 Å². The zero-order valence-electron chi connectivity index (χ0n) is 13.9. The maximum atomic E-state index is 11.8. The molecule has 1 aromatic carbocycles. The highest BCUT2D eigenvalue weighted by Gasteiger charge is 2.23. The van der Waals surface area contributed by atoms with Crippen LogP contribution in [0.4, 0.5) is 0 Å². The van der Waals surface area contributed by atoms with E-state index >= 15 is 0 Å². The Labute approximate surface area is 147 Å². The summed E-state index contributed by atoms with van der Waals surface area (Å²) in [4.78, 5) is 15.7. The zero-order chi connectivity index (χ0) is 16.8. The molecule has 1 fully saturated rings. The summed E-state index contributed by atoms with van der Waals surface area (Å²) in [7, 11) is 0. The molecule has 1 aromatic heterocycles. The van der Waals surface area contributed by atoms with Gasteiger partial charge in [-0.15, -0.1) is 11.3 Å². The normalized spacial score (nSPS) is 19.9. The lowest BCUT2D eigenvalue weighted by Gasteiger charge is -2.33. The van der Waals surface area contributed by atoms with Crippen LogP contribution in [0.3, 0.4) is 0 Å². The van der Waals surface area contributed by atoms with Crippen molar-refractivity contribution in [3.05, 3.63) is 58.3 Å². The van der Waals surface area contributed by atoms with Crippen LogP contribution in [0.1, 0.15) is 29.3 Å². The van der Waals surface area contributed by atoms with Gasteiger partial charge in [0.25, 0.3) is 0 Å². The highest BCUT2D eigenvalue weighted by atomic mass is 32.1. The van der Waals surface area contributed by atoms with Gasteiger partial charge in [-0.3, -0.25) is 9.69 Å². The Kier molecular flexibility index (Phi) is 6.01. The SMILES string of the molecule is NC(=O)[C@@H](NC[C@@H]1CCCN(Cc2cccs2)C1)c1ccccc1. The second-order valence-electron chi connectivity index (χ2n) is 6.48. The number of nitrogens with one attached hydrogen (secondary N) is 1. The van der Waals surface area contributed by atoms with Gasteiger partial charge in [0.05, 0.1) is 0 Å². The summed E-state index contributed by atoms with van der Waals surface area (Å²) in [5.41, 5.74) is 6.53. The molecule has 3 N–H and O–H groups in total. The number of amides is 1. The highest BCUT2D eigenvalue weighted by molar-refractivity contribution is 7.09. The van der Waals surface area contributed by atoms with Crippen LogP contribution in [0.2, 0.25) is 0 Å². The van der Waals surface area contributed by atoms with Crippen molar-refractivity contribution >= 4 is 17.2 Å². The predicted octanol–water partition coefficient (Wildman–Crippen LogP) is 2.78. The zero-order valence-corrected chi connectivity index (χ0v) is 14.7. The van der Waals surface area contributed by atoms with Gasteiger partial charge in [0, 0.05) is 24.5 Å². The van der Waals surface area contributed by atoms with E-state index in [1.165, 1.54) is 17.7 Å². The van der Waals surface area contributed by atoms with Crippen LogP contribution in [0.5, 0.6) is 0 Å². The Hall–Kier alpha value is -1.69. The van der Waals surface area contributed by atoms with Crippen molar-refractivity contribution in [2.24, 2.45) is 11.7 Å². The van der Waals surface area contributed by atoms with Crippen LogP contribution in [0.25, 0.3) is 0 Å². The molecule has 2 aromatic rings. The number of carbonyl (C=O) groups is 1. The topological polar surface area (TPSA) is 58.4 Å². The maximum absolute atomic E-state index is 11.8. The Morgan fingerprint density at radius 1 is 1.29 bits per heavy atom. The van der Waals surface area contributed by atoms with Crippen LogP contribution < -0.4 is 11.1 Å². The largest absolute Gasteiger partial charge is 0.368 e. The molecular weight excluding hydrogens is 318 g/mol. The maximum Gasteiger partial charge on any atom is 0.239 e. The number of rotatable bonds is 7. The number of thiophene rings is 1. The fourth-order valence-electron chi connectivity index (χ4n) is 3.40. The summed E-state index contributed by atoms with van der Waals surface area (Å²) in [5.74, 6) is 0.247. The van der Waals surface area contributed by atoms with Crippen LogP contribution >= 0.6 is 11.3 Å². The first-order valence-electron chi connectivity index (χ1n) is 8.55. The highest BCUT2D eigenvalue weighted by Crippen LogP contribution is 2.21. The molecule has 0 unspecified atom stereocenters. The summed E-state index contributed by atoms with van der Waals surface area (Å²) in [6.07, 6.45) is 2.42. The number of nitrogens with zero attached hydrogens (tertiary/aromatic N) is 1. The molecule has 0 saturated carbocycles. The number of carbonyl (C=O) groups excluding carboxylic acids is 1. The molecule has 1 aliphatic heterocycles. The number of hydrogen-bond donors (Lipinski definition) is 2. The third-order valence-electron chi connectivity index (χ3n) is 4.59. The molecule has 3 rings (SSSR count). The first kappa shape index (κ1) is 17.1. The van der Waals surface area contributed by atoms with Gasteiger partial charge in [-0.2, -0.15) is 0 Å². The summed E-state index contributed by atoms with van der Waals surface area (Å²) in [6.45, 7) is 4.09. The van der Waals surface area contributed by atoms with Crippen molar-refractivity contribution in [2.75, 3.05) is 19.6 Å². The van der Waals surface area contributed by atoms with Gasteiger partial charge in [0.15, 0.2) is 0 Å². The Bertz CT molecular complexity index is 629. The van der Waals surface area contributed by atoms with Crippen molar-refractivity contribution in [2.45, 2.75) is 25.4 Å². The van der Waals surface area contributed by atoms with E-state index in [4.69, 9.17) is 5.73 Å². The second kappa shape index (κ2) is 8.42. The van der Waals surface area contributed by atoms with Crippen LogP contribution in [-0.4, -0.2) is 30.4 Å². The average Bonchev–Trinajstić information content (AvgIpc) is 3.09. The number of benzene rings is 1. The number of nitrogens with two attached hydrogens (primary N) is 1. The third-order valence-corrected chi connectivity index (χ3v) is 5.45.